The molecule has 0 unspecified atom stereocenters. The summed E-state index contributed by atoms with van der Waals surface area (Å²) in [4.78, 5) is 3.87. The lowest BCUT2D eigenvalue weighted by molar-refractivity contribution is 0.269. The molecule has 1 aromatic heterocycles. The molecule has 0 saturated heterocycles. The Balaban J connectivity index is 1.92. The van der Waals surface area contributed by atoms with Crippen LogP contribution in [0.1, 0.15) is 25.1 Å². The van der Waals surface area contributed by atoms with Gasteiger partial charge < -0.3 is 10.2 Å². The summed E-state index contributed by atoms with van der Waals surface area (Å²) in [6.07, 6.45) is 2.40. The summed E-state index contributed by atoms with van der Waals surface area (Å²) in [6, 6.07) is 4.99. The SMILES string of the molecule is CC(C)N(C)CCCNCCc1cccs1. The monoisotopic (exact) mass is 240 g/mol. The molecule has 1 rings (SSSR count). The zero-order valence-corrected chi connectivity index (χ0v) is 11.5. The van der Waals surface area contributed by atoms with Gasteiger partial charge in [0.25, 0.3) is 0 Å². The molecule has 16 heavy (non-hydrogen) atoms. The summed E-state index contributed by atoms with van der Waals surface area (Å²) < 4.78 is 0. The summed E-state index contributed by atoms with van der Waals surface area (Å²) in [5.41, 5.74) is 0. The Hall–Kier alpha value is -0.380. The molecule has 1 heterocycles. The fourth-order valence-corrected chi connectivity index (χ4v) is 2.21. The van der Waals surface area contributed by atoms with E-state index in [4.69, 9.17) is 0 Å². The first-order valence-electron chi connectivity index (χ1n) is 6.13. The molecule has 0 fully saturated rings. The smallest absolute Gasteiger partial charge is 0.00578 e. The predicted octanol–water partition coefficient (Wildman–Crippen LogP) is 2.61. The Kier molecular flexibility index (Phi) is 6.69. The van der Waals surface area contributed by atoms with Crippen LogP contribution >= 0.6 is 11.3 Å². The molecule has 0 bridgehead atoms. The van der Waals surface area contributed by atoms with Gasteiger partial charge in [-0.2, -0.15) is 0 Å². The molecule has 92 valence electrons. The molecule has 0 amide bonds. The lowest BCUT2D eigenvalue weighted by Crippen LogP contribution is -2.29. The molecular weight excluding hydrogens is 216 g/mol. The van der Waals surface area contributed by atoms with E-state index >= 15 is 0 Å². The van der Waals surface area contributed by atoms with Gasteiger partial charge >= 0.3 is 0 Å². The van der Waals surface area contributed by atoms with E-state index in [1.807, 2.05) is 11.3 Å². The van der Waals surface area contributed by atoms with E-state index in [1.165, 1.54) is 17.8 Å². The van der Waals surface area contributed by atoms with E-state index in [9.17, 15) is 0 Å². The van der Waals surface area contributed by atoms with E-state index in [-0.39, 0.29) is 0 Å². The van der Waals surface area contributed by atoms with Crippen LogP contribution in [-0.4, -0.2) is 37.6 Å². The first kappa shape index (κ1) is 13.7. The summed E-state index contributed by atoms with van der Waals surface area (Å²) in [5, 5.41) is 5.64. The van der Waals surface area contributed by atoms with E-state index in [0.29, 0.717) is 6.04 Å². The van der Waals surface area contributed by atoms with E-state index < -0.39 is 0 Å². The Bertz CT molecular complexity index is 257. The number of hydrogen-bond donors (Lipinski definition) is 1. The highest BCUT2D eigenvalue weighted by Crippen LogP contribution is 2.07. The molecule has 3 heteroatoms. The minimum absolute atomic E-state index is 0.658. The molecule has 0 aliphatic heterocycles. The lowest BCUT2D eigenvalue weighted by atomic mass is 10.3. The second kappa shape index (κ2) is 7.82. The number of thiophene rings is 1. The quantitative estimate of drug-likeness (QED) is 0.703. The van der Waals surface area contributed by atoms with Gasteiger partial charge in [-0.3, -0.25) is 0 Å². The molecule has 0 atom stereocenters. The molecule has 0 aliphatic rings. The van der Waals surface area contributed by atoms with Crippen molar-refractivity contribution in [1.29, 1.82) is 0 Å². The number of nitrogens with one attached hydrogen (secondary N) is 1. The molecule has 1 aromatic rings. The number of rotatable bonds is 8. The summed E-state index contributed by atoms with van der Waals surface area (Å²) in [5.74, 6) is 0. The van der Waals surface area contributed by atoms with Crippen molar-refractivity contribution in [2.75, 3.05) is 26.7 Å². The second-order valence-corrected chi connectivity index (χ2v) is 5.54. The maximum atomic E-state index is 3.50. The van der Waals surface area contributed by atoms with E-state index in [2.05, 4.69) is 48.6 Å². The van der Waals surface area contributed by atoms with Crippen molar-refractivity contribution in [3.8, 4) is 0 Å². The highest BCUT2D eigenvalue weighted by Gasteiger charge is 2.01. The topological polar surface area (TPSA) is 15.3 Å². The third-order valence-electron chi connectivity index (χ3n) is 2.87. The van der Waals surface area contributed by atoms with Crippen molar-refractivity contribution in [1.82, 2.24) is 10.2 Å². The molecule has 0 radical (unpaired) electrons. The number of hydrogen-bond acceptors (Lipinski definition) is 3. The third kappa shape index (κ3) is 5.64. The minimum Gasteiger partial charge on any atom is -0.316 e. The largest absolute Gasteiger partial charge is 0.316 e. The minimum atomic E-state index is 0.658. The molecule has 1 N–H and O–H groups in total. The van der Waals surface area contributed by atoms with Crippen LogP contribution in [-0.2, 0) is 6.42 Å². The Morgan fingerprint density at radius 2 is 2.19 bits per heavy atom. The van der Waals surface area contributed by atoms with Crippen molar-refractivity contribution < 1.29 is 0 Å². The molecule has 0 aromatic carbocycles. The van der Waals surface area contributed by atoms with Crippen molar-refractivity contribution in [2.45, 2.75) is 32.7 Å². The van der Waals surface area contributed by atoms with Gasteiger partial charge in [0.1, 0.15) is 0 Å². The third-order valence-corrected chi connectivity index (χ3v) is 3.81. The molecule has 0 spiro atoms. The van der Waals surface area contributed by atoms with Crippen molar-refractivity contribution in [3.05, 3.63) is 22.4 Å². The fraction of sp³-hybridized carbons (Fsp3) is 0.692. The van der Waals surface area contributed by atoms with Crippen LogP contribution in [0.25, 0.3) is 0 Å². The van der Waals surface area contributed by atoms with Gasteiger partial charge in [-0.25, -0.2) is 0 Å². The van der Waals surface area contributed by atoms with Crippen LogP contribution in [0.15, 0.2) is 17.5 Å². The highest BCUT2D eigenvalue weighted by atomic mass is 32.1. The van der Waals surface area contributed by atoms with Gasteiger partial charge in [-0.1, -0.05) is 6.07 Å². The standard InChI is InChI=1S/C13H24N2S/c1-12(2)15(3)10-5-8-14-9-7-13-6-4-11-16-13/h4,6,11-12,14H,5,7-10H2,1-3H3. The Labute approximate surface area is 104 Å². The number of nitrogens with zero attached hydrogens (tertiary/aromatic N) is 1. The summed E-state index contributed by atoms with van der Waals surface area (Å²) >= 11 is 1.85. The predicted molar refractivity (Wildman–Crippen MR) is 73.3 cm³/mol. The van der Waals surface area contributed by atoms with Crippen LogP contribution in [0.3, 0.4) is 0 Å². The first-order valence-corrected chi connectivity index (χ1v) is 7.01. The van der Waals surface area contributed by atoms with Crippen LogP contribution in [0.4, 0.5) is 0 Å². The van der Waals surface area contributed by atoms with Crippen molar-refractivity contribution >= 4 is 11.3 Å². The zero-order valence-electron chi connectivity index (χ0n) is 10.7. The van der Waals surface area contributed by atoms with Gasteiger partial charge in [0.05, 0.1) is 0 Å². The summed E-state index contributed by atoms with van der Waals surface area (Å²) in [6.45, 7) is 7.90. The zero-order chi connectivity index (χ0) is 11.8. The average Bonchev–Trinajstić information content (AvgIpc) is 2.75. The second-order valence-electron chi connectivity index (χ2n) is 4.51. The van der Waals surface area contributed by atoms with Crippen LogP contribution in [0.5, 0.6) is 0 Å². The normalized spacial score (nSPS) is 11.6. The van der Waals surface area contributed by atoms with Gasteiger partial charge in [0.15, 0.2) is 0 Å². The van der Waals surface area contributed by atoms with Crippen LogP contribution in [0, 0.1) is 0 Å². The maximum Gasteiger partial charge on any atom is 0.00578 e. The first-order chi connectivity index (χ1) is 7.70. The van der Waals surface area contributed by atoms with Crippen molar-refractivity contribution in [2.24, 2.45) is 0 Å². The van der Waals surface area contributed by atoms with Gasteiger partial charge in [-0.15, -0.1) is 11.3 Å². The molecule has 0 aliphatic carbocycles. The maximum absolute atomic E-state index is 3.50. The fourth-order valence-electron chi connectivity index (χ4n) is 1.50. The van der Waals surface area contributed by atoms with Crippen LogP contribution < -0.4 is 5.32 Å². The molecular formula is C13H24N2S. The van der Waals surface area contributed by atoms with E-state index in [1.54, 1.807) is 0 Å². The lowest BCUT2D eigenvalue weighted by Gasteiger charge is -2.20. The Morgan fingerprint density at radius 1 is 1.38 bits per heavy atom. The van der Waals surface area contributed by atoms with Crippen molar-refractivity contribution in [3.63, 3.8) is 0 Å². The van der Waals surface area contributed by atoms with Gasteiger partial charge in [0, 0.05) is 10.9 Å². The highest BCUT2D eigenvalue weighted by molar-refractivity contribution is 7.09. The van der Waals surface area contributed by atoms with Gasteiger partial charge in [0.2, 0.25) is 0 Å². The van der Waals surface area contributed by atoms with E-state index in [0.717, 1.165) is 19.5 Å². The van der Waals surface area contributed by atoms with Crippen LogP contribution in [0.2, 0.25) is 0 Å². The van der Waals surface area contributed by atoms with Gasteiger partial charge in [-0.05, 0) is 64.8 Å². The Morgan fingerprint density at radius 3 is 2.81 bits per heavy atom. The summed E-state index contributed by atoms with van der Waals surface area (Å²) in [7, 11) is 2.19. The molecule has 0 saturated carbocycles. The molecule has 2 nitrogen and oxygen atoms in total. The average molecular weight is 240 g/mol.